The first-order chi connectivity index (χ1) is 7.86. The molecule has 0 amide bonds. The predicted octanol–water partition coefficient (Wildman–Crippen LogP) is 1.83. The van der Waals surface area contributed by atoms with Gasteiger partial charge in [-0.25, -0.2) is 8.42 Å². The Morgan fingerprint density at radius 3 is 2.18 bits per heavy atom. The Bertz CT molecular complexity index is 452. The second-order valence-corrected chi connectivity index (χ2v) is 6.22. The molecule has 5 heteroatoms. The van der Waals surface area contributed by atoms with E-state index in [9.17, 15) is 8.42 Å². The van der Waals surface area contributed by atoms with Gasteiger partial charge in [0.05, 0.1) is 5.75 Å². The van der Waals surface area contributed by atoms with Gasteiger partial charge in [-0.1, -0.05) is 19.1 Å². The maximum absolute atomic E-state index is 12.2. The zero-order chi connectivity index (χ0) is 13.1. The molecule has 96 valence electrons. The van der Waals surface area contributed by atoms with E-state index in [1.807, 2.05) is 20.8 Å². The Kier molecular flexibility index (Phi) is 4.54. The van der Waals surface area contributed by atoms with Gasteiger partial charge in [0.25, 0.3) is 0 Å². The SMILES string of the molecule is CCN(C(C)C)S(=O)(=O)Cc1ccc(N)cc1. The van der Waals surface area contributed by atoms with Crippen molar-refractivity contribution in [3.05, 3.63) is 29.8 Å². The highest BCUT2D eigenvalue weighted by Gasteiger charge is 2.23. The monoisotopic (exact) mass is 256 g/mol. The number of benzene rings is 1. The fourth-order valence-electron chi connectivity index (χ4n) is 1.79. The number of nitrogens with two attached hydrogens (primary N) is 1. The standard InChI is InChI=1S/C12H20N2O2S/c1-4-14(10(2)3)17(15,16)9-11-5-7-12(13)8-6-11/h5-8,10H,4,9,13H2,1-3H3. The quantitative estimate of drug-likeness (QED) is 0.817. The van der Waals surface area contributed by atoms with Crippen LogP contribution in [0.4, 0.5) is 5.69 Å². The maximum atomic E-state index is 12.2. The molecule has 0 radical (unpaired) electrons. The van der Waals surface area contributed by atoms with Gasteiger partial charge in [-0.2, -0.15) is 4.31 Å². The average Bonchev–Trinajstić information content (AvgIpc) is 2.21. The van der Waals surface area contributed by atoms with E-state index in [2.05, 4.69) is 0 Å². The Labute approximate surface area is 103 Å². The van der Waals surface area contributed by atoms with Crippen LogP contribution in [0.1, 0.15) is 26.3 Å². The first-order valence-corrected chi connectivity index (χ1v) is 7.31. The van der Waals surface area contributed by atoms with Crippen LogP contribution >= 0.6 is 0 Å². The molecule has 4 nitrogen and oxygen atoms in total. The van der Waals surface area contributed by atoms with Crippen molar-refractivity contribution in [2.75, 3.05) is 12.3 Å². The molecule has 0 saturated carbocycles. The van der Waals surface area contributed by atoms with Crippen molar-refractivity contribution < 1.29 is 8.42 Å². The summed E-state index contributed by atoms with van der Waals surface area (Å²) in [5, 5.41) is 0. The van der Waals surface area contributed by atoms with Gasteiger partial charge in [0, 0.05) is 18.3 Å². The molecule has 0 fully saturated rings. The normalized spacial score (nSPS) is 12.3. The lowest BCUT2D eigenvalue weighted by Crippen LogP contribution is -2.37. The van der Waals surface area contributed by atoms with Crippen LogP contribution in [-0.2, 0) is 15.8 Å². The molecule has 2 N–H and O–H groups in total. The largest absolute Gasteiger partial charge is 0.399 e. The molecule has 0 aliphatic carbocycles. The smallest absolute Gasteiger partial charge is 0.218 e. The first kappa shape index (κ1) is 14.0. The molecule has 0 spiro atoms. The number of nitrogens with zero attached hydrogens (tertiary/aromatic N) is 1. The predicted molar refractivity (Wildman–Crippen MR) is 71.0 cm³/mol. The molecule has 1 rings (SSSR count). The molecular formula is C12H20N2O2S. The third kappa shape index (κ3) is 3.71. The van der Waals surface area contributed by atoms with Gasteiger partial charge in [-0.15, -0.1) is 0 Å². The van der Waals surface area contributed by atoms with Gasteiger partial charge < -0.3 is 5.73 Å². The Morgan fingerprint density at radius 2 is 1.76 bits per heavy atom. The van der Waals surface area contributed by atoms with Crippen LogP contribution in [0, 0.1) is 0 Å². The summed E-state index contributed by atoms with van der Waals surface area (Å²) in [4.78, 5) is 0. The van der Waals surface area contributed by atoms with Crippen LogP contribution in [0.15, 0.2) is 24.3 Å². The highest BCUT2D eigenvalue weighted by Crippen LogP contribution is 2.14. The fourth-order valence-corrected chi connectivity index (χ4v) is 3.61. The maximum Gasteiger partial charge on any atom is 0.218 e. The molecule has 0 heterocycles. The van der Waals surface area contributed by atoms with Gasteiger partial charge in [0.1, 0.15) is 0 Å². The molecule has 0 aliphatic rings. The Morgan fingerprint density at radius 1 is 1.24 bits per heavy atom. The van der Waals surface area contributed by atoms with Crippen molar-refractivity contribution in [1.82, 2.24) is 4.31 Å². The van der Waals surface area contributed by atoms with Crippen LogP contribution in [0.25, 0.3) is 0 Å². The molecule has 1 aromatic rings. The zero-order valence-electron chi connectivity index (χ0n) is 10.6. The van der Waals surface area contributed by atoms with Gasteiger partial charge in [0.15, 0.2) is 0 Å². The van der Waals surface area contributed by atoms with Crippen molar-refractivity contribution in [2.24, 2.45) is 0 Å². The van der Waals surface area contributed by atoms with Crippen LogP contribution in [0.2, 0.25) is 0 Å². The molecule has 0 unspecified atom stereocenters. The van der Waals surface area contributed by atoms with E-state index in [1.165, 1.54) is 4.31 Å². The van der Waals surface area contributed by atoms with Gasteiger partial charge in [-0.05, 0) is 31.5 Å². The molecule has 0 atom stereocenters. The third-order valence-electron chi connectivity index (χ3n) is 2.57. The van der Waals surface area contributed by atoms with Gasteiger partial charge in [0.2, 0.25) is 10.0 Å². The van der Waals surface area contributed by atoms with E-state index in [0.29, 0.717) is 12.2 Å². The second-order valence-electron chi connectivity index (χ2n) is 4.29. The third-order valence-corrected chi connectivity index (χ3v) is 4.67. The number of anilines is 1. The summed E-state index contributed by atoms with van der Waals surface area (Å²) in [6.45, 7) is 6.10. The summed E-state index contributed by atoms with van der Waals surface area (Å²) in [5.74, 6) is 0.0271. The molecule has 0 bridgehead atoms. The Hall–Kier alpha value is -1.07. The van der Waals surface area contributed by atoms with Crippen molar-refractivity contribution in [1.29, 1.82) is 0 Å². The van der Waals surface area contributed by atoms with Crippen LogP contribution in [0.5, 0.6) is 0 Å². The minimum absolute atomic E-state index is 0.0150. The van der Waals surface area contributed by atoms with Crippen molar-refractivity contribution in [3.8, 4) is 0 Å². The van der Waals surface area contributed by atoms with Gasteiger partial charge >= 0.3 is 0 Å². The summed E-state index contributed by atoms with van der Waals surface area (Å²) < 4.78 is 25.8. The highest BCUT2D eigenvalue weighted by molar-refractivity contribution is 7.88. The van der Waals surface area contributed by atoms with E-state index in [4.69, 9.17) is 5.73 Å². The fraction of sp³-hybridized carbons (Fsp3) is 0.500. The molecule has 0 aliphatic heterocycles. The molecule has 17 heavy (non-hydrogen) atoms. The van der Waals surface area contributed by atoms with E-state index < -0.39 is 10.0 Å². The Balaban J connectivity index is 2.89. The van der Waals surface area contributed by atoms with E-state index in [-0.39, 0.29) is 11.8 Å². The lowest BCUT2D eigenvalue weighted by Gasteiger charge is -2.24. The summed E-state index contributed by atoms with van der Waals surface area (Å²) in [5.41, 5.74) is 6.97. The summed E-state index contributed by atoms with van der Waals surface area (Å²) >= 11 is 0. The lowest BCUT2D eigenvalue weighted by atomic mass is 10.2. The molecular weight excluding hydrogens is 236 g/mol. The summed E-state index contributed by atoms with van der Waals surface area (Å²) in [6, 6.07) is 6.92. The van der Waals surface area contributed by atoms with E-state index >= 15 is 0 Å². The molecule has 0 saturated heterocycles. The topological polar surface area (TPSA) is 63.4 Å². The molecule has 0 aromatic heterocycles. The number of sulfonamides is 1. The van der Waals surface area contributed by atoms with Crippen LogP contribution in [-0.4, -0.2) is 25.3 Å². The lowest BCUT2D eigenvalue weighted by molar-refractivity contribution is 0.368. The zero-order valence-corrected chi connectivity index (χ0v) is 11.4. The number of hydrogen-bond donors (Lipinski definition) is 1. The average molecular weight is 256 g/mol. The highest BCUT2D eigenvalue weighted by atomic mass is 32.2. The van der Waals surface area contributed by atoms with Crippen LogP contribution < -0.4 is 5.73 Å². The summed E-state index contributed by atoms with van der Waals surface area (Å²) in [6.07, 6.45) is 0. The van der Waals surface area contributed by atoms with Gasteiger partial charge in [-0.3, -0.25) is 0 Å². The van der Waals surface area contributed by atoms with Crippen LogP contribution in [0.3, 0.4) is 0 Å². The van der Waals surface area contributed by atoms with E-state index in [0.717, 1.165) is 5.56 Å². The first-order valence-electron chi connectivity index (χ1n) is 5.70. The minimum Gasteiger partial charge on any atom is -0.399 e. The van der Waals surface area contributed by atoms with Crippen molar-refractivity contribution in [2.45, 2.75) is 32.6 Å². The minimum atomic E-state index is -3.25. The van der Waals surface area contributed by atoms with E-state index in [1.54, 1.807) is 24.3 Å². The number of hydrogen-bond acceptors (Lipinski definition) is 3. The second kappa shape index (κ2) is 5.51. The summed E-state index contributed by atoms with van der Waals surface area (Å²) in [7, 11) is -3.25. The van der Waals surface area contributed by atoms with Crippen molar-refractivity contribution >= 4 is 15.7 Å². The van der Waals surface area contributed by atoms with Crippen molar-refractivity contribution in [3.63, 3.8) is 0 Å². The molecule has 1 aromatic carbocycles. The number of rotatable bonds is 5. The number of nitrogen functional groups attached to an aromatic ring is 1.